The van der Waals surface area contributed by atoms with Crippen LogP contribution in [-0.2, 0) is 14.3 Å². The molecule has 5 heteroatoms. The van der Waals surface area contributed by atoms with E-state index >= 15 is 0 Å². The van der Waals surface area contributed by atoms with Gasteiger partial charge in [-0.25, -0.2) is 9.59 Å². The van der Waals surface area contributed by atoms with Gasteiger partial charge in [0.25, 0.3) is 0 Å². The summed E-state index contributed by atoms with van der Waals surface area (Å²) in [5.41, 5.74) is 0. The third kappa shape index (κ3) is 1.83. The second-order valence-electron chi connectivity index (χ2n) is 2.05. The molecule has 1 rings (SSSR count). The first kappa shape index (κ1) is 7.84. The summed E-state index contributed by atoms with van der Waals surface area (Å²) in [4.78, 5) is 21.3. The molecule has 0 aromatic carbocycles. The lowest BCUT2D eigenvalue weighted by molar-refractivity contribution is -0.145. The highest BCUT2D eigenvalue weighted by Gasteiger charge is 2.29. The van der Waals surface area contributed by atoms with Crippen molar-refractivity contribution in [3.63, 3.8) is 0 Å². The zero-order chi connectivity index (χ0) is 8.27. The van der Waals surface area contributed by atoms with E-state index in [0.29, 0.717) is 6.61 Å². The van der Waals surface area contributed by atoms with Crippen molar-refractivity contribution < 1.29 is 19.1 Å². The van der Waals surface area contributed by atoms with Crippen LogP contribution >= 0.6 is 0 Å². The Morgan fingerprint density at radius 3 is 3.09 bits per heavy atom. The first-order valence-corrected chi connectivity index (χ1v) is 3.34. The van der Waals surface area contributed by atoms with Crippen molar-refractivity contribution in [1.29, 1.82) is 0 Å². The Kier molecular flexibility index (Phi) is 2.30. The minimum Gasteiger partial charge on any atom is -0.464 e. The first-order valence-electron chi connectivity index (χ1n) is 3.34. The molecule has 1 N–H and O–H groups in total. The molecule has 1 aliphatic rings. The summed E-state index contributed by atoms with van der Waals surface area (Å²) in [6.45, 7) is 2.08. The lowest BCUT2D eigenvalue weighted by atomic mass is 10.3. The Hall–Kier alpha value is -1.26. The van der Waals surface area contributed by atoms with Gasteiger partial charge in [-0.05, 0) is 6.92 Å². The van der Waals surface area contributed by atoms with Crippen LogP contribution in [0.25, 0.3) is 0 Å². The summed E-state index contributed by atoms with van der Waals surface area (Å²) in [7, 11) is 0. The lowest BCUT2D eigenvalue weighted by Crippen LogP contribution is -2.35. The summed E-state index contributed by atoms with van der Waals surface area (Å²) < 4.78 is 9.12. The third-order valence-corrected chi connectivity index (χ3v) is 1.24. The molecule has 0 unspecified atom stereocenters. The molecule has 1 fully saturated rings. The van der Waals surface area contributed by atoms with Gasteiger partial charge >= 0.3 is 12.1 Å². The quantitative estimate of drug-likeness (QED) is 0.560. The highest BCUT2D eigenvalue weighted by Crippen LogP contribution is 1.99. The van der Waals surface area contributed by atoms with Crippen molar-refractivity contribution >= 4 is 12.1 Å². The van der Waals surface area contributed by atoms with Gasteiger partial charge in [-0.1, -0.05) is 0 Å². The number of nitrogens with one attached hydrogen (secondary N) is 1. The summed E-state index contributed by atoms with van der Waals surface area (Å²) in [6.07, 6.45) is -0.567. The molecule has 0 spiro atoms. The van der Waals surface area contributed by atoms with Gasteiger partial charge in [0.05, 0.1) is 6.61 Å². The van der Waals surface area contributed by atoms with Crippen LogP contribution in [0.5, 0.6) is 0 Å². The number of hydrogen-bond acceptors (Lipinski definition) is 4. The molecule has 0 aromatic heterocycles. The maximum atomic E-state index is 10.9. The number of ether oxygens (including phenoxy) is 2. The Morgan fingerprint density at radius 1 is 1.91 bits per heavy atom. The van der Waals surface area contributed by atoms with Crippen molar-refractivity contribution in [3.05, 3.63) is 0 Å². The molecule has 0 aliphatic carbocycles. The minimum atomic E-state index is -0.623. The van der Waals surface area contributed by atoms with Crippen LogP contribution in [0, 0.1) is 0 Å². The molecule has 1 amide bonds. The Labute approximate surface area is 63.7 Å². The van der Waals surface area contributed by atoms with Gasteiger partial charge < -0.3 is 14.8 Å². The molecule has 1 aliphatic heterocycles. The maximum absolute atomic E-state index is 10.9. The third-order valence-electron chi connectivity index (χ3n) is 1.24. The number of alkyl carbamates (subject to hydrolysis) is 1. The van der Waals surface area contributed by atoms with E-state index in [9.17, 15) is 9.59 Å². The van der Waals surface area contributed by atoms with Gasteiger partial charge in [-0.2, -0.15) is 0 Å². The van der Waals surface area contributed by atoms with Gasteiger partial charge in [0.2, 0.25) is 0 Å². The van der Waals surface area contributed by atoms with E-state index in [1.165, 1.54) is 0 Å². The van der Waals surface area contributed by atoms with Crippen molar-refractivity contribution in [1.82, 2.24) is 5.32 Å². The smallest absolute Gasteiger partial charge is 0.408 e. The average Bonchev–Trinajstić information content (AvgIpc) is 2.36. The van der Waals surface area contributed by atoms with Gasteiger partial charge in [0.1, 0.15) is 6.61 Å². The fraction of sp³-hybridized carbons (Fsp3) is 0.667. The van der Waals surface area contributed by atoms with Crippen LogP contribution < -0.4 is 5.32 Å². The standard InChI is InChI=1S/C6H9NO4/c1-2-10-5(8)4-3-11-6(9)7-4/h4H,2-3H2,1H3,(H,7,9)/t4-/m1/s1. The van der Waals surface area contributed by atoms with Crippen LogP contribution in [0.15, 0.2) is 0 Å². The van der Waals surface area contributed by atoms with E-state index in [1.54, 1.807) is 6.92 Å². The van der Waals surface area contributed by atoms with Crippen LogP contribution in [0.2, 0.25) is 0 Å². The summed E-state index contributed by atoms with van der Waals surface area (Å²) in [5.74, 6) is -0.446. The van der Waals surface area contributed by atoms with E-state index in [2.05, 4.69) is 14.8 Å². The molecular weight excluding hydrogens is 150 g/mol. The topological polar surface area (TPSA) is 64.6 Å². The van der Waals surface area contributed by atoms with Crippen molar-refractivity contribution in [2.45, 2.75) is 13.0 Å². The SMILES string of the molecule is CCOC(=O)[C@H]1COC(=O)N1. The second-order valence-corrected chi connectivity index (χ2v) is 2.05. The van der Waals surface area contributed by atoms with Crippen molar-refractivity contribution in [2.75, 3.05) is 13.2 Å². The van der Waals surface area contributed by atoms with E-state index in [0.717, 1.165) is 0 Å². The molecule has 1 heterocycles. The van der Waals surface area contributed by atoms with Gasteiger partial charge in [0.15, 0.2) is 6.04 Å². The van der Waals surface area contributed by atoms with Gasteiger partial charge in [-0.15, -0.1) is 0 Å². The van der Waals surface area contributed by atoms with E-state index < -0.39 is 18.1 Å². The number of carbonyl (C=O) groups is 2. The Morgan fingerprint density at radius 2 is 2.64 bits per heavy atom. The molecule has 1 atom stereocenters. The molecule has 62 valence electrons. The lowest BCUT2D eigenvalue weighted by Gasteiger charge is -2.04. The highest BCUT2D eigenvalue weighted by molar-refractivity contribution is 5.83. The first-order chi connectivity index (χ1) is 5.24. The van der Waals surface area contributed by atoms with E-state index in [4.69, 9.17) is 0 Å². The monoisotopic (exact) mass is 159 g/mol. The fourth-order valence-electron chi connectivity index (χ4n) is 0.754. The molecule has 0 saturated carbocycles. The number of amides is 1. The normalized spacial score (nSPS) is 22.3. The Balaban J connectivity index is 2.37. The predicted octanol–water partition coefficient (Wildman–Crippen LogP) is -0.342. The Bertz CT molecular complexity index is 179. The number of esters is 1. The molecule has 5 nitrogen and oxygen atoms in total. The molecule has 0 radical (unpaired) electrons. The largest absolute Gasteiger partial charge is 0.464 e. The zero-order valence-electron chi connectivity index (χ0n) is 6.12. The fourth-order valence-corrected chi connectivity index (χ4v) is 0.754. The number of rotatable bonds is 2. The summed E-state index contributed by atoms with van der Waals surface area (Å²) in [6, 6.07) is -0.623. The minimum absolute atomic E-state index is 0.0671. The molecule has 0 aromatic rings. The molecule has 11 heavy (non-hydrogen) atoms. The van der Waals surface area contributed by atoms with Crippen molar-refractivity contribution in [3.8, 4) is 0 Å². The second kappa shape index (κ2) is 3.23. The van der Waals surface area contributed by atoms with E-state index in [1.807, 2.05) is 0 Å². The summed E-state index contributed by atoms with van der Waals surface area (Å²) in [5, 5.41) is 2.30. The maximum Gasteiger partial charge on any atom is 0.408 e. The van der Waals surface area contributed by atoms with Gasteiger partial charge in [0, 0.05) is 0 Å². The van der Waals surface area contributed by atoms with Crippen molar-refractivity contribution in [2.24, 2.45) is 0 Å². The molecule has 1 saturated heterocycles. The van der Waals surface area contributed by atoms with Crippen LogP contribution in [0.4, 0.5) is 4.79 Å². The summed E-state index contributed by atoms with van der Waals surface area (Å²) >= 11 is 0. The number of cyclic esters (lactones) is 1. The zero-order valence-corrected chi connectivity index (χ0v) is 6.12. The predicted molar refractivity (Wildman–Crippen MR) is 34.9 cm³/mol. The van der Waals surface area contributed by atoms with Crippen LogP contribution in [0.1, 0.15) is 6.92 Å². The van der Waals surface area contributed by atoms with Gasteiger partial charge in [-0.3, -0.25) is 0 Å². The average molecular weight is 159 g/mol. The number of carbonyl (C=O) groups excluding carboxylic acids is 2. The van der Waals surface area contributed by atoms with Crippen LogP contribution in [-0.4, -0.2) is 31.3 Å². The molecule has 0 bridgehead atoms. The molecular formula is C6H9NO4. The highest BCUT2D eigenvalue weighted by atomic mass is 16.6. The number of hydrogen-bond donors (Lipinski definition) is 1. The van der Waals surface area contributed by atoms with E-state index in [-0.39, 0.29) is 6.61 Å². The van der Waals surface area contributed by atoms with Crippen LogP contribution in [0.3, 0.4) is 0 Å².